The Morgan fingerprint density at radius 2 is 1.48 bits per heavy atom. The van der Waals surface area contributed by atoms with Crippen molar-refractivity contribution in [2.75, 3.05) is 26.2 Å². The number of hydrogen-bond acceptors (Lipinski definition) is 2. The molecule has 2 atom stereocenters. The van der Waals surface area contributed by atoms with Gasteiger partial charge in [0, 0.05) is 12.5 Å². The Bertz CT molecular complexity index is 769. The molecule has 1 saturated heterocycles. The molecular formula is C21H22F6N2. The van der Waals surface area contributed by atoms with Crippen LogP contribution in [0.5, 0.6) is 0 Å². The third kappa shape index (κ3) is 5.73. The zero-order chi connectivity index (χ0) is 21.1. The average molecular weight is 416 g/mol. The molecule has 0 amide bonds. The third-order valence-electron chi connectivity index (χ3n) is 5.21. The zero-order valence-corrected chi connectivity index (χ0v) is 15.6. The fraction of sp³-hybridized carbons (Fsp3) is 0.429. The molecule has 1 fully saturated rings. The van der Waals surface area contributed by atoms with Crippen molar-refractivity contribution in [3.8, 4) is 0 Å². The van der Waals surface area contributed by atoms with E-state index < -0.39 is 23.5 Å². The fourth-order valence-corrected chi connectivity index (χ4v) is 3.72. The normalized spacial score (nSPS) is 20.2. The molecule has 2 aromatic rings. The van der Waals surface area contributed by atoms with Gasteiger partial charge in [-0.15, -0.1) is 0 Å². The largest absolute Gasteiger partial charge is 0.416 e. The van der Waals surface area contributed by atoms with Gasteiger partial charge in [-0.1, -0.05) is 30.3 Å². The van der Waals surface area contributed by atoms with E-state index in [1.165, 1.54) is 5.56 Å². The highest BCUT2D eigenvalue weighted by Crippen LogP contribution is 2.36. The molecule has 0 aliphatic carbocycles. The van der Waals surface area contributed by atoms with Gasteiger partial charge in [0.1, 0.15) is 0 Å². The lowest BCUT2D eigenvalue weighted by atomic mass is 9.89. The first-order valence-corrected chi connectivity index (χ1v) is 9.39. The highest BCUT2D eigenvalue weighted by atomic mass is 19.4. The van der Waals surface area contributed by atoms with Crippen LogP contribution < -0.4 is 10.6 Å². The minimum absolute atomic E-state index is 0.0174. The Balaban J connectivity index is 1.60. The highest BCUT2D eigenvalue weighted by molar-refractivity contribution is 5.33. The SMILES string of the molecule is FC(F)(F)c1cc(CCNC[C@@H]2CNC[C@H]2c2ccccc2)cc(C(F)(F)F)c1. The fourth-order valence-electron chi connectivity index (χ4n) is 3.72. The molecule has 1 aliphatic heterocycles. The molecule has 0 aromatic heterocycles. The van der Waals surface area contributed by atoms with Gasteiger partial charge in [-0.2, -0.15) is 26.3 Å². The number of rotatable bonds is 6. The first-order valence-electron chi connectivity index (χ1n) is 9.39. The first-order chi connectivity index (χ1) is 13.6. The van der Waals surface area contributed by atoms with Gasteiger partial charge < -0.3 is 10.6 Å². The monoisotopic (exact) mass is 416 g/mol. The van der Waals surface area contributed by atoms with Crippen molar-refractivity contribution in [3.05, 3.63) is 70.8 Å². The van der Waals surface area contributed by atoms with Crippen LogP contribution in [0.15, 0.2) is 48.5 Å². The maximum Gasteiger partial charge on any atom is 0.416 e. The molecule has 2 aromatic carbocycles. The quantitative estimate of drug-likeness (QED) is 0.519. The summed E-state index contributed by atoms with van der Waals surface area (Å²) in [7, 11) is 0. The lowest BCUT2D eigenvalue weighted by Crippen LogP contribution is -2.28. The van der Waals surface area contributed by atoms with E-state index in [1.807, 2.05) is 18.2 Å². The molecule has 0 bridgehead atoms. The minimum Gasteiger partial charge on any atom is -0.316 e. The van der Waals surface area contributed by atoms with Crippen LogP contribution >= 0.6 is 0 Å². The van der Waals surface area contributed by atoms with E-state index in [4.69, 9.17) is 0 Å². The Morgan fingerprint density at radius 3 is 2.07 bits per heavy atom. The van der Waals surface area contributed by atoms with Crippen LogP contribution in [-0.2, 0) is 18.8 Å². The van der Waals surface area contributed by atoms with Gasteiger partial charge in [0.2, 0.25) is 0 Å². The van der Waals surface area contributed by atoms with Crippen LogP contribution in [0, 0.1) is 5.92 Å². The lowest BCUT2D eigenvalue weighted by molar-refractivity contribution is -0.143. The van der Waals surface area contributed by atoms with Crippen molar-refractivity contribution >= 4 is 0 Å². The number of alkyl halides is 6. The number of benzene rings is 2. The molecule has 0 spiro atoms. The molecule has 2 nitrogen and oxygen atoms in total. The highest BCUT2D eigenvalue weighted by Gasteiger charge is 2.36. The van der Waals surface area contributed by atoms with Crippen molar-refractivity contribution in [1.29, 1.82) is 0 Å². The van der Waals surface area contributed by atoms with E-state index in [2.05, 4.69) is 22.8 Å². The minimum atomic E-state index is -4.82. The van der Waals surface area contributed by atoms with E-state index in [0.717, 1.165) is 25.2 Å². The summed E-state index contributed by atoms with van der Waals surface area (Å²) in [6.45, 7) is 2.60. The molecule has 0 unspecified atom stereocenters. The molecule has 29 heavy (non-hydrogen) atoms. The maximum absolute atomic E-state index is 12.9. The van der Waals surface area contributed by atoms with E-state index in [-0.39, 0.29) is 18.1 Å². The predicted molar refractivity (Wildman–Crippen MR) is 98.6 cm³/mol. The van der Waals surface area contributed by atoms with Gasteiger partial charge in [-0.3, -0.25) is 0 Å². The topological polar surface area (TPSA) is 24.1 Å². The van der Waals surface area contributed by atoms with Crippen molar-refractivity contribution < 1.29 is 26.3 Å². The Hall–Kier alpha value is -2.06. The van der Waals surface area contributed by atoms with E-state index in [9.17, 15) is 26.3 Å². The van der Waals surface area contributed by atoms with Crippen LogP contribution in [0.2, 0.25) is 0 Å². The number of hydrogen-bond donors (Lipinski definition) is 2. The van der Waals surface area contributed by atoms with E-state index in [1.54, 1.807) is 0 Å². The van der Waals surface area contributed by atoms with Crippen LogP contribution in [0.25, 0.3) is 0 Å². The molecule has 1 aliphatic rings. The maximum atomic E-state index is 12.9. The summed E-state index contributed by atoms with van der Waals surface area (Å²) in [6.07, 6.45) is -9.55. The van der Waals surface area contributed by atoms with Crippen molar-refractivity contribution in [2.45, 2.75) is 24.7 Å². The molecule has 3 rings (SSSR count). The molecule has 158 valence electrons. The van der Waals surface area contributed by atoms with Crippen molar-refractivity contribution in [1.82, 2.24) is 10.6 Å². The second-order valence-electron chi connectivity index (χ2n) is 7.30. The van der Waals surface area contributed by atoms with Crippen LogP contribution in [0.3, 0.4) is 0 Å². The van der Waals surface area contributed by atoms with Gasteiger partial charge in [0.15, 0.2) is 0 Å². The molecule has 2 N–H and O–H groups in total. The summed E-state index contributed by atoms with van der Waals surface area (Å²) >= 11 is 0. The molecular weight excluding hydrogens is 394 g/mol. The average Bonchev–Trinajstić information content (AvgIpc) is 3.13. The summed E-state index contributed by atoms with van der Waals surface area (Å²) in [4.78, 5) is 0. The van der Waals surface area contributed by atoms with Gasteiger partial charge >= 0.3 is 12.4 Å². The van der Waals surface area contributed by atoms with Crippen molar-refractivity contribution in [3.63, 3.8) is 0 Å². The van der Waals surface area contributed by atoms with Crippen LogP contribution in [-0.4, -0.2) is 26.2 Å². The standard InChI is InChI=1S/C21H22F6N2/c22-20(23,24)17-8-14(9-18(10-17)21(25,26)27)6-7-28-11-16-12-29-13-19(16)15-4-2-1-3-5-15/h1-5,8-10,16,19,28-29H,6-7,11-13H2/t16-,19+/m1/s1. The van der Waals surface area contributed by atoms with Crippen LogP contribution in [0.1, 0.15) is 28.2 Å². The molecule has 0 saturated carbocycles. The van der Waals surface area contributed by atoms with Gasteiger partial charge in [-0.05, 0) is 61.3 Å². The summed E-state index contributed by atoms with van der Waals surface area (Å²) in [5.41, 5.74) is -1.31. The summed E-state index contributed by atoms with van der Waals surface area (Å²) in [6, 6.07) is 11.8. The summed E-state index contributed by atoms with van der Waals surface area (Å²) < 4.78 is 77.7. The number of nitrogens with one attached hydrogen (secondary N) is 2. The molecule has 1 heterocycles. The zero-order valence-electron chi connectivity index (χ0n) is 15.6. The predicted octanol–water partition coefficient (Wildman–Crippen LogP) is 4.86. The number of halogens is 6. The van der Waals surface area contributed by atoms with Gasteiger partial charge in [-0.25, -0.2) is 0 Å². The van der Waals surface area contributed by atoms with Crippen molar-refractivity contribution in [2.24, 2.45) is 5.92 Å². The first kappa shape index (κ1) is 21.6. The van der Waals surface area contributed by atoms with E-state index >= 15 is 0 Å². The Morgan fingerprint density at radius 1 is 0.862 bits per heavy atom. The Kier molecular flexibility index (Phi) is 6.53. The summed E-state index contributed by atoms with van der Waals surface area (Å²) in [5, 5.41) is 6.53. The van der Waals surface area contributed by atoms with Crippen LogP contribution in [0.4, 0.5) is 26.3 Å². The van der Waals surface area contributed by atoms with Gasteiger partial charge in [0.05, 0.1) is 11.1 Å². The van der Waals surface area contributed by atoms with E-state index in [0.29, 0.717) is 24.9 Å². The third-order valence-corrected chi connectivity index (χ3v) is 5.21. The molecule has 0 radical (unpaired) electrons. The van der Waals surface area contributed by atoms with Gasteiger partial charge in [0.25, 0.3) is 0 Å². The summed E-state index contributed by atoms with van der Waals surface area (Å²) in [5.74, 6) is 0.638. The smallest absolute Gasteiger partial charge is 0.316 e. The Labute approximate surface area is 165 Å². The second kappa shape index (κ2) is 8.75. The molecule has 8 heteroatoms. The second-order valence-corrected chi connectivity index (χ2v) is 7.30. The lowest BCUT2D eigenvalue weighted by Gasteiger charge is -2.20.